The van der Waals surface area contributed by atoms with Crippen LogP contribution in [0.2, 0.25) is 0 Å². The number of aliphatic carboxylic acids is 1. The Labute approximate surface area is 127 Å². The maximum Gasteiger partial charge on any atom is 0.362 e. The van der Waals surface area contributed by atoms with Crippen LogP contribution in [0.3, 0.4) is 0 Å². The first-order chi connectivity index (χ1) is 10.0. The van der Waals surface area contributed by atoms with E-state index >= 15 is 0 Å². The molecule has 0 aromatic rings. The van der Waals surface area contributed by atoms with Gasteiger partial charge in [-0.15, -0.1) is 0 Å². The number of ether oxygens (including phenoxy) is 1. The Hall–Kier alpha value is -1.11. The molecule has 0 radical (unpaired) electrons. The summed E-state index contributed by atoms with van der Waals surface area (Å²) in [6.07, 6.45) is 9.33. The Bertz CT molecular complexity index is 302. The van der Waals surface area contributed by atoms with E-state index in [-0.39, 0.29) is 17.6 Å². The number of nitrogens with zero attached hydrogens (tertiary/aromatic N) is 1. The van der Waals surface area contributed by atoms with Crippen molar-refractivity contribution in [1.29, 1.82) is 0 Å². The highest BCUT2D eigenvalue weighted by Crippen LogP contribution is 2.12. The largest absolute Gasteiger partial charge is 0.496 e. The number of rotatable bonds is 13. The third-order valence-electron chi connectivity index (χ3n) is 3.81. The van der Waals surface area contributed by atoms with Crippen LogP contribution in [0.1, 0.15) is 46.0 Å². The molecule has 0 aromatic heterocycles. The van der Waals surface area contributed by atoms with Gasteiger partial charge in [0.25, 0.3) is 0 Å². The van der Waals surface area contributed by atoms with E-state index in [1.165, 1.54) is 26.2 Å². The lowest BCUT2D eigenvalue weighted by atomic mass is 10.1. The fraction of sp³-hybridized carbons (Fsp3) is 0.800. The summed E-state index contributed by atoms with van der Waals surface area (Å²) >= 11 is 0. The summed E-state index contributed by atoms with van der Waals surface area (Å²) in [6, 6.07) is -0.887. The van der Waals surface area contributed by atoms with Crippen LogP contribution in [0.5, 0.6) is 0 Å². The summed E-state index contributed by atoms with van der Waals surface area (Å²) in [5.74, 6) is -1.05. The zero-order valence-electron chi connectivity index (χ0n) is 13.2. The molecule has 0 saturated heterocycles. The topological polar surface area (TPSA) is 87.0 Å². The molecule has 0 aromatic carbocycles. The van der Waals surface area contributed by atoms with Gasteiger partial charge in [0.05, 0.1) is 6.26 Å². The zero-order valence-corrected chi connectivity index (χ0v) is 13.2. The molecule has 6 nitrogen and oxygen atoms in total. The number of unbranched alkanes of at least 4 members (excludes halogenated alkanes) is 4. The second kappa shape index (κ2) is 11.5. The third kappa shape index (κ3) is 7.45. The van der Waals surface area contributed by atoms with Crippen LogP contribution in [-0.2, 0) is 9.53 Å². The monoisotopic (exact) mass is 304 g/mol. The van der Waals surface area contributed by atoms with E-state index in [1.807, 2.05) is 6.08 Å². The van der Waals surface area contributed by atoms with Gasteiger partial charge in [0.2, 0.25) is 0 Å². The molecular formula is C15H30NO5+. The van der Waals surface area contributed by atoms with Crippen LogP contribution < -0.4 is 0 Å². The SMILES string of the molecule is CCCCCC/C=C/OCC[N+](CO)(CO)C(C)C(=O)O. The molecule has 0 amide bonds. The van der Waals surface area contributed by atoms with Gasteiger partial charge in [-0.1, -0.05) is 26.2 Å². The van der Waals surface area contributed by atoms with Gasteiger partial charge in [-0.3, -0.25) is 4.48 Å². The van der Waals surface area contributed by atoms with E-state index in [4.69, 9.17) is 9.84 Å². The summed E-state index contributed by atoms with van der Waals surface area (Å²) < 4.78 is 5.00. The molecule has 0 bridgehead atoms. The molecule has 3 N–H and O–H groups in total. The standard InChI is InChI=1S/C15H29NO5/c1-3-4-5-6-7-8-10-21-11-9-16(12-17,13-18)14(2)15(19)20/h8,10,14,17-18H,3-7,9,11-13H2,1-2H3/p+1/b10-8+. The minimum absolute atomic E-state index is 0.237. The second-order valence-corrected chi connectivity index (χ2v) is 5.33. The maximum absolute atomic E-state index is 11.0. The number of quaternary nitrogens is 1. The summed E-state index contributed by atoms with van der Waals surface area (Å²) in [5, 5.41) is 27.8. The number of allylic oxidation sites excluding steroid dienone is 1. The molecule has 0 aliphatic heterocycles. The molecule has 0 rings (SSSR count). The smallest absolute Gasteiger partial charge is 0.362 e. The van der Waals surface area contributed by atoms with Gasteiger partial charge < -0.3 is 20.1 Å². The van der Waals surface area contributed by atoms with E-state index in [2.05, 4.69) is 6.92 Å². The van der Waals surface area contributed by atoms with Crippen LogP contribution in [0, 0.1) is 0 Å². The Morgan fingerprint density at radius 2 is 1.90 bits per heavy atom. The van der Waals surface area contributed by atoms with Gasteiger partial charge in [-0.2, -0.15) is 0 Å². The Morgan fingerprint density at radius 3 is 2.43 bits per heavy atom. The van der Waals surface area contributed by atoms with Gasteiger partial charge in [0.1, 0.15) is 13.2 Å². The van der Waals surface area contributed by atoms with Crippen LogP contribution in [0.15, 0.2) is 12.3 Å². The molecule has 0 heterocycles. The fourth-order valence-electron chi connectivity index (χ4n) is 1.99. The third-order valence-corrected chi connectivity index (χ3v) is 3.81. The van der Waals surface area contributed by atoms with Gasteiger partial charge in [-0.25, -0.2) is 4.79 Å². The summed E-state index contributed by atoms with van der Waals surface area (Å²) in [4.78, 5) is 11.0. The number of hydrogen-bond acceptors (Lipinski definition) is 4. The van der Waals surface area contributed by atoms with Crippen molar-refractivity contribution in [3.63, 3.8) is 0 Å². The molecule has 0 aliphatic rings. The first-order valence-corrected chi connectivity index (χ1v) is 7.61. The molecule has 1 atom stereocenters. The van der Waals surface area contributed by atoms with E-state index in [9.17, 15) is 15.0 Å². The fourth-order valence-corrected chi connectivity index (χ4v) is 1.99. The predicted molar refractivity (Wildman–Crippen MR) is 80.2 cm³/mol. The van der Waals surface area contributed by atoms with Gasteiger partial charge in [0, 0.05) is 0 Å². The molecule has 0 aliphatic carbocycles. The van der Waals surface area contributed by atoms with Crippen molar-refractivity contribution >= 4 is 5.97 Å². The average molecular weight is 304 g/mol. The molecule has 124 valence electrons. The summed E-state index contributed by atoms with van der Waals surface area (Å²) in [6.45, 7) is 3.26. The highest BCUT2D eigenvalue weighted by molar-refractivity contribution is 5.71. The number of aliphatic hydroxyl groups is 2. The van der Waals surface area contributed by atoms with Crippen LogP contribution >= 0.6 is 0 Å². The number of hydrogen-bond donors (Lipinski definition) is 3. The normalized spacial score (nSPS) is 13.5. The second-order valence-electron chi connectivity index (χ2n) is 5.33. The van der Waals surface area contributed by atoms with Crippen molar-refractivity contribution in [3.8, 4) is 0 Å². The number of carboxylic acid groups (broad SMARTS) is 1. The molecule has 0 spiro atoms. The lowest BCUT2D eigenvalue weighted by Gasteiger charge is -2.37. The van der Waals surface area contributed by atoms with E-state index in [0.717, 1.165) is 12.8 Å². The van der Waals surface area contributed by atoms with Crippen molar-refractivity contribution in [2.75, 3.05) is 26.6 Å². The van der Waals surface area contributed by atoms with Crippen LogP contribution in [-0.4, -0.2) is 58.4 Å². The van der Waals surface area contributed by atoms with Crippen LogP contribution in [0.25, 0.3) is 0 Å². The highest BCUT2D eigenvalue weighted by atomic mass is 16.5. The van der Waals surface area contributed by atoms with Gasteiger partial charge in [0.15, 0.2) is 19.5 Å². The van der Waals surface area contributed by atoms with Gasteiger partial charge >= 0.3 is 5.97 Å². The van der Waals surface area contributed by atoms with E-state index < -0.39 is 25.5 Å². The van der Waals surface area contributed by atoms with Gasteiger partial charge in [-0.05, 0) is 25.8 Å². The minimum atomic E-state index is -1.05. The molecule has 6 heteroatoms. The number of carboxylic acids is 1. The van der Waals surface area contributed by atoms with Crippen molar-refractivity contribution < 1.29 is 29.3 Å². The molecule has 0 fully saturated rings. The summed E-state index contributed by atoms with van der Waals surface area (Å²) in [7, 11) is 0. The molecule has 21 heavy (non-hydrogen) atoms. The van der Waals surface area contributed by atoms with Crippen molar-refractivity contribution in [2.24, 2.45) is 0 Å². The average Bonchev–Trinajstić information content (AvgIpc) is 2.49. The quantitative estimate of drug-likeness (QED) is 0.208. The van der Waals surface area contributed by atoms with Crippen molar-refractivity contribution in [2.45, 2.75) is 52.0 Å². The van der Waals surface area contributed by atoms with Crippen molar-refractivity contribution in [3.05, 3.63) is 12.3 Å². The lowest BCUT2D eigenvalue weighted by molar-refractivity contribution is -0.973. The first kappa shape index (κ1) is 19.9. The first-order valence-electron chi connectivity index (χ1n) is 7.61. The molecule has 0 saturated carbocycles. The highest BCUT2D eigenvalue weighted by Gasteiger charge is 2.37. The number of carbonyl (C=O) groups is 1. The number of aliphatic hydroxyl groups excluding tert-OH is 2. The van der Waals surface area contributed by atoms with Crippen molar-refractivity contribution in [1.82, 2.24) is 0 Å². The summed E-state index contributed by atoms with van der Waals surface area (Å²) in [5.41, 5.74) is 0. The Balaban J connectivity index is 4.05. The van der Waals surface area contributed by atoms with Crippen LogP contribution in [0.4, 0.5) is 0 Å². The van der Waals surface area contributed by atoms with E-state index in [1.54, 1.807) is 6.26 Å². The molecular weight excluding hydrogens is 274 g/mol. The zero-order chi connectivity index (χ0) is 16.1. The van der Waals surface area contributed by atoms with E-state index in [0.29, 0.717) is 0 Å². The Kier molecular flexibility index (Phi) is 10.9. The maximum atomic E-state index is 11.0. The molecule has 1 unspecified atom stereocenters. The lowest BCUT2D eigenvalue weighted by Crippen LogP contribution is -2.59. The Morgan fingerprint density at radius 1 is 1.24 bits per heavy atom. The minimum Gasteiger partial charge on any atom is -0.496 e. The predicted octanol–water partition coefficient (Wildman–Crippen LogP) is 1.68.